The molecule has 2 N–H and O–H groups in total. The van der Waals surface area contributed by atoms with Crippen molar-refractivity contribution in [2.45, 2.75) is 44.9 Å². The minimum atomic E-state index is -1.42. The van der Waals surface area contributed by atoms with Gasteiger partial charge in [0.25, 0.3) is 0 Å². The molecule has 0 spiro atoms. The molecule has 2 aromatic carbocycles. The maximum Gasteiger partial charge on any atom is 0.488 e. The summed E-state index contributed by atoms with van der Waals surface area (Å²) in [5.74, 6) is 0.389. The van der Waals surface area contributed by atoms with Gasteiger partial charge in [-0.15, -0.1) is 0 Å². The molecular weight excluding hydrogens is 331 g/mol. The second kappa shape index (κ2) is 8.73. The third-order valence-corrected chi connectivity index (χ3v) is 5.85. The molecule has 0 aliphatic heterocycles. The van der Waals surface area contributed by atoms with E-state index in [4.69, 9.17) is 0 Å². The van der Waals surface area contributed by atoms with E-state index in [-0.39, 0.29) is 5.41 Å². The number of hydrogen-bond acceptors (Lipinski definition) is 2. The van der Waals surface area contributed by atoms with Gasteiger partial charge >= 0.3 is 7.12 Å². The molecule has 0 radical (unpaired) electrons. The summed E-state index contributed by atoms with van der Waals surface area (Å²) in [6, 6.07) is 18.3. The van der Waals surface area contributed by atoms with Crippen LogP contribution in [0.25, 0.3) is 5.57 Å². The summed E-state index contributed by atoms with van der Waals surface area (Å²) < 4.78 is 0. The molecule has 0 saturated carbocycles. The van der Waals surface area contributed by atoms with Crippen LogP contribution in [0, 0.1) is 5.92 Å². The molecule has 2 atom stereocenters. The van der Waals surface area contributed by atoms with Gasteiger partial charge in [0, 0.05) is 5.41 Å². The average Bonchev–Trinajstić information content (AvgIpc) is 2.70. The molecule has 0 heterocycles. The molecule has 0 aromatic heterocycles. The van der Waals surface area contributed by atoms with Crippen LogP contribution in [0.2, 0.25) is 0 Å². The van der Waals surface area contributed by atoms with Crippen LogP contribution in [0.5, 0.6) is 0 Å². The Balaban J connectivity index is 1.90. The van der Waals surface area contributed by atoms with Gasteiger partial charge in [-0.3, -0.25) is 0 Å². The van der Waals surface area contributed by atoms with Crippen LogP contribution in [-0.2, 0) is 5.41 Å². The van der Waals surface area contributed by atoms with Gasteiger partial charge in [-0.1, -0.05) is 106 Å². The molecule has 1 aliphatic carbocycles. The smallest absolute Gasteiger partial charge is 0.423 e. The summed E-state index contributed by atoms with van der Waals surface area (Å²) in [7, 11) is -1.42. The average molecular weight is 360 g/mol. The zero-order chi connectivity index (χ0) is 19.3. The molecule has 1 aliphatic rings. The van der Waals surface area contributed by atoms with E-state index in [0.717, 1.165) is 12.0 Å². The van der Waals surface area contributed by atoms with Crippen LogP contribution in [0.3, 0.4) is 0 Å². The van der Waals surface area contributed by atoms with E-state index in [0.29, 0.717) is 11.4 Å². The Kier molecular flexibility index (Phi) is 6.36. The SMILES string of the molecule is CCCCCC1(c2ccccc2)C=CC(c2ccc(B(O)O)cc2)=CC1C. The minimum absolute atomic E-state index is 0.0428. The highest BCUT2D eigenvalue weighted by atomic mass is 16.4. The predicted octanol–water partition coefficient (Wildman–Crippen LogP) is 4.47. The topological polar surface area (TPSA) is 40.5 Å². The molecule has 140 valence electrons. The highest BCUT2D eigenvalue weighted by Crippen LogP contribution is 2.44. The summed E-state index contributed by atoms with van der Waals surface area (Å²) in [6.45, 7) is 4.56. The third-order valence-electron chi connectivity index (χ3n) is 5.85. The quantitative estimate of drug-likeness (QED) is 0.565. The number of hydrogen-bond donors (Lipinski definition) is 2. The van der Waals surface area contributed by atoms with E-state index in [2.05, 4.69) is 62.4 Å². The van der Waals surface area contributed by atoms with E-state index in [1.807, 2.05) is 12.1 Å². The van der Waals surface area contributed by atoms with Crippen LogP contribution in [0.4, 0.5) is 0 Å². The van der Waals surface area contributed by atoms with Gasteiger partial charge in [0.15, 0.2) is 0 Å². The van der Waals surface area contributed by atoms with Crippen molar-refractivity contribution < 1.29 is 10.0 Å². The summed E-state index contributed by atoms with van der Waals surface area (Å²) >= 11 is 0. The summed E-state index contributed by atoms with van der Waals surface area (Å²) in [6.07, 6.45) is 11.9. The Hall–Kier alpha value is -2.10. The first-order valence-electron chi connectivity index (χ1n) is 10.00. The summed E-state index contributed by atoms with van der Waals surface area (Å²) in [4.78, 5) is 0. The van der Waals surface area contributed by atoms with Gasteiger partial charge in [-0.25, -0.2) is 0 Å². The van der Waals surface area contributed by atoms with Crippen molar-refractivity contribution in [3.63, 3.8) is 0 Å². The number of benzene rings is 2. The van der Waals surface area contributed by atoms with Crippen LogP contribution in [-0.4, -0.2) is 17.2 Å². The Morgan fingerprint density at radius 3 is 2.26 bits per heavy atom. The van der Waals surface area contributed by atoms with Gasteiger partial charge in [0.1, 0.15) is 0 Å². The molecule has 2 aromatic rings. The lowest BCUT2D eigenvalue weighted by Crippen LogP contribution is -2.32. The van der Waals surface area contributed by atoms with Crippen molar-refractivity contribution in [1.29, 1.82) is 0 Å². The van der Waals surface area contributed by atoms with E-state index < -0.39 is 7.12 Å². The van der Waals surface area contributed by atoms with Gasteiger partial charge in [-0.2, -0.15) is 0 Å². The van der Waals surface area contributed by atoms with Gasteiger partial charge in [-0.05, 0) is 34.5 Å². The van der Waals surface area contributed by atoms with Crippen molar-refractivity contribution in [2.75, 3.05) is 0 Å². The first-order valence-corrected chi connectivity index (χ1v) is 10.00. The zero-order valence-corrected chi connectivity index (χ0v) is 16.3. The van der Waals surface area contributed by atoms with E-state index >= 15 is 0 Å². The molecule has 2 nitrogen and oxygen atoms in total. The molecule has 3 heteroatoms. The molecule has 3 rings (SSSR count). The van der Waals surface area contributed by atoms with Crippen molar-refractivity contribution in [1.82, 2.24) is 0 Å². The maximum absolute atomic E-state index is 9.29. The number of rotatable bonds is 7. The Labute approximate surface area is 163 Å². The molecule has 27 heavy (non-hydrogen) atoms. The van der Waals surface area contributed by atoms with Crippen molar-refractivity contribution in [3.05, 3.63) is 84.0 Å². The summed E-state index contributed by atoms with van der Waals surface area (Å²) in [5.41, 5.74) is 4.26. The molecule has 0 bridgehead atoms. The molecule has 0 saturated heterocycles. The standard InChI is InChI=1S/C24H29BO2/c1-3-4-8-16-24(22-9-6-5-7-10-22)17-15-21(18-19(24)2)20-11-13-23(14-12-20)25(26)27/h5-7,9-15,17-19,26-27H,3-4,8,16H2,1-2H3. The van der Waals surface area contributed by atoms with E-state index in [1.165, 1.54) is 30.4 Å². The number of allylic oxidation sites excluding steroid dienone is 4. The lowest BCUT2D eigenvalue weighted by atomic mass is 9.65. The lowest BCUT2D eigenvalue weighted by molar-refractivity contribution is 0.372. The van der Waals surface area contributed by atoms with Crippen molar-refractivity contribution in [3.8, 4) is 0 Å². The van der Waals surface area contributed by atoms with Gasteiger partial charge in [0.05, 0.1) is 0 Å². The maximum atomic E-state index is 9.29. The van der Waals surface area contributed by atoms with Crippen LogP contribution >= 0.6 is 0 Å². The molecule has 2 unspecified atom stereocenters. The van der Waals surface area contributed by atoms with Crippen molar-refractivity contribution in [2.24, 2.45) is 5.92 Å². The highest BCUT2D eigenvalue weighted by molar-refractivity contribution is 6.58. The largest absolute Gasteiger partial charge is 0.488 e. The number of unbranched alkanes of at least 4 members (excludes halogenated alkanes) is 2. The van der Waals surface area contributed by atoms with Crippen LogP contribution in [0.15, 0.2) is 72.8 Å². The Bertz CT molecular complexity index is 793. The molecule has 0 amide bonds. The first kappa shape index (κ1) is 19.7. The van der Waals surface area contributed by atoms with Crippen molar-refractivity contribution >= 4 is 18.2 Å². The zero-order valence-electron chi connectivity index (χ0n) is 16.3. The fourth-order valence-electron chi connectivity index (χ4n) is 4.13. The first-order chi connectivity index (χ1) is 13.1. The van der Waals surface area contributed by atoms with Gasteiger partial charge < -0.3 is 10.0 Å². The second-order valence-corrected chi connectivity index (χ2v) is 7.60. The monoisotopic (exact) mass is 360 g/mol. The van der Waals surface area contributed by atoms with Crippen LogP contribution in [0.1, 0.15) is 50.7 Å². The molecule has 0 fully saturated rings. The fraction of sp³-hybridized carbons (Fsp3) is 0.333. The van der Waals surface area contributed by atoms with E-state index in [1.54, 1.807) is 12.1 Å². The molecular formula is C24H29BO2. The fourth-order valence-corrected chi connectivity index (χ4v) is 4.13. The minimum Gasteiger partial charge on any atom is -0.423 e. The lowest BCUT2D eigenvalue weighted by Gasteiger charge is -2.39. The summed E-state index contributed by atoms with van der Waals surface area (Å²) in [5, 5.41) is 18.6. The normalized spacial score (nSPS) is 21.8. The van der Waals surface area contributed by atoms with Crippen LogP contribution < -0.4 is 5.46 Å². The third kappa shape index (κ3) is 4.26. The van der Waals surface area contributed by atoms with E-state index in [9.17, 15) is 10.0 Å². The predicted molar refractivity (Wildman–Crippen MR) is 115 cm³/mol. The highest BCUT2D eigenvalue weighted by Gasteiger charge is 2.36. The second-order valence-electron chi connectivity index (χ2n) is 7.60. The van der Waals surface area contributed by atoms with Gasteiger partial charge in [0.2, 0.25) is 0 Å². The Morgan fingerprint density at radius 1 is 0.963 bits per heavy atom. The Morgan fingerprint density at radius 2 is 1.67 bits per heavy atom.